The van der Waals surface area contributed by atoms with E-state index in [4.69, 9.17) is 5.26 Å². The minimum absolute atomic E-state index is 0.226. The molecule has 1 amide bonds. The molecule has 0 aromatic carbocycles. The Labute approximate surface area is 94.9 Å². The van der Waals surface area contributed by atoms with E-state index in [1.54, 1.807) is 12.4 Å². The summed E-state index contributed by atoms with van der Waals surface area (Å²) < 4.78 is 0. The third kappa shape index (κ3) is 2.40. The van der Waals surface area contributed by atoms with Crippen molar-refractivity contribution >= 4 is 5.91 Å². The van der Waals surface area contributed by atoms with E-state index in [0.717, 1.165) is 0 Å². The summed E-state index contributed by atoms with van der Waals surface area (Å²) in [6.45, 7) is 4.02. The predicted molar refractivity (Wildman–Crippen MR) is 59.1 cm³/mol. The number of rotatable bonds is 5. The molecule has 5 heteroatoms. The fourth-order valence-electron chi connectivity index (χ4n) is 1.51. The van der Waals surface area contributed by atoms with E-state index in [1.807, 2.05) is 13.8 Å². The van der Waals surface area contributed by atoms with Crippen LogP contribution in [0.2, 0.25) is 0 Å². The second kappa shape index (κ2) is 5.31. The van der Waals surface area contributed by atoms with E-state index in [0.29, 0.717) is 25.2 Å². The Morgan fingerprint density at radius 3 is 2.75 bits per heavy atom. The molecule has 0 fully saturated rings. The zero-order chi connectivity index (χ0) is 12.0. The van der Waals surface area contributed by atoms with Gasteiger partial charge in [0.1, 0.15) is 11.2 Å². The SMILES string of the molecule is CCC(C#N)(CC)C(=O)NCc1ncc[nH]1. The maximum absolute atomic E-state index is 11.9. The summed E-state index contributed by atoms with van der Waals surface area (Å²) >= 11 is 0. The van der Waals surface area contributed by atoms with Crippen molar-refractivity contribution in [2.45, 2.75) is 33.2 Å². The van der Waals surface area contributed by atoms with Crippen LogP contribution in [0.4, 0.5) is 0 Å². The third-order valence-corrected chi connectivity index (χ3v) is 2.83. The number of nitrogens with one attached hydrogen (secondary N) is 2. The van der Waals surface area contributed by atoms with Crippen LogP contribution in [0, 0.1) is 16.7 Å². The van der Waals surface area contributed by atoms with Gasteiger partial charge in [-0.1, -0.05) is 13.8 Å². The summed E-state index contributed by atoms with van der Waals surface area (Å²) in [7, 11) is 0. The number of amides is 1. The Bertz CT molecular complexity index is 373. The van der Waals surface area contributed by atoms with E-state index in [2.05, 4.69) is 21.4 Å². The number of nitrogens with zero attached hydrogens (tertiary/aromatic N) is 2. The molecule has 0 spiro atoms. The molecule has 5 nitrogen and oxygen atoms in total. The van der Waals surface area contributed by atoms with Crippen LogP contribution in [0.15, 0.2) is 12.4 Å². The summed E-state index contributed by atoms with van der Waals surface area (Å²) in [6, 6.07) is 2.10. The van der Waals surface area contributed by atoms with Gasteiger partial charge >= 0.3 is 0 Å². The first kappa shape index (κ1) is 12.2. The van der Waals surface area contributed by atoms with Crippen LogP contribution >= 0.6 is 0 Å². The van der Waals surface area contributed by atoms with Crippen LogP contribution in [0.5, 0.6) is 0 Å². The lowest BCUT2D eigenvalue weighted by atomic mass is 9.83. The Morgan fingerprint density at radius 2 is 2.31 bits per heavy atom. The Kier molecular flexibility index (Phi) is 4.06. The molecule has 2 N–H and O–H groups in total. The number of nitriles is 1. The van der Waals surface area contributed by atoms with Gasteiger partial charge in [0.15, 0.2) is 0 Å². The minimum Gasteiger partial charge on any atom is -0.347 e. The molecule has 0 atom stereocenters. The van der Waals surface area contributed by atoms with E-state index in [9.17, 15) is 4.79 Å². The van der Waals surface area contributed by atoms with Crippen molar-refractivity contribution in [3.8, 4) is 6.07 Å². The lowest BCUT2D eigenvalue weighted by molar-refractivity contribution is -0.128. The molecule has 86 valence electrons. The van der Waals surface area contributed by atoms with Crippen molar-refractivity contribution in [1.29, 1.82) is 5.26 Å². The highest BCUT2D eigenvalue weighted by Gasteiger charge is 2.34. The van der Waals surface area contributed by atoms with E-state index in [1.165, 1.54) is 0 Å². The van der Waals surface area contributed by atoms with Crippen molar-refractivity contribution in [1.82, 2.24) is 15.3 Å². The molecule has 16 heavy (non-hydrogen) atoms. The molecule has 0 saturated heterocycles. The van der Waals surface area contributed by atoms with Crippen molar-refractivity contribution in [2.75, 3.05) is 0 Å². The molecule has 1 aromatic rings. The molecule has 0 radical (unpaired) electrons. The zero-order valence-corrected chi connectivity index (χ0v) is 9.58. The van der Waals surface area contributed by atoms with Gasteiger partial charge in [-0.05, 0) is 12.8 Å². The number of hydrogen-bond donors (Lipinski definition) is 2. The quantitative estimate of drug-likeness (QED) is 0.786. The maximum Gasteiger partial charge on any atom is 0.240 e. The van der Waals surface area contributed by atoms with Crippen LogP contribution < -0.4 is 5.32 Å². The third-order valence-electron chi connectivity index (χ3n) is 2.83. The van der Waals surface area contributed by atoms with Gasteiger partial charge in [-0.2, -0.15) is 5.26 Å². The summed E-state index contributed by atoms with van der Waals surface area (Å²) in [5.74, 6) is 0.462. The Balaban J connectivity index is 2.61. The predicted octanol–water partition coefficient (Wildman–Crippen LogP) is 1.36. The fraction of sp³-hybridized carbons (Fsp3) is 0.545. The monoisotopic (exact) mass is 220 g/mol. The van der Waals surface area contributed by atoms with Crippen LogP contribution in [0.25, 0.3) is 0 Å². The van der Waals surface area contributed by atoms with Gasteiger partial charge in [0, 0.05) is 12.4 Å². The van der Waals surface area contributed by atoms with Gasteiger partial charge in [0.25, 0.3) is 0 Å². The lowest BCUT2D eigenvalue weighted by Gasteiger charge is -2.21. The largest absolute Gasteiger partial charge is 0.347 e. The number of aromatic amines is 1. The fourth-order valence-corrected chi connectivity index (χ4v) is 1.51. The van der Waals surface area contributed by atoms with Crippen LogP contribution in [-0.4, -0.2) is 15.9 Å². The summed E-state index contributed by atoms with van der Waals surface area (Å²) in [6.07, 6.45) is 4.35. The molecule has 0 aliphatic carbocycles. The maximum atomic E-state index is 11.9. The van der Waals surface area contributed by atoms with Crippen molar-refractivity contribution in [3.63, 3.8) is 0 Å². The molecular formula is C11H16N4O. The first-order valence-corrected chi connectivity index (χ1v) is 5.36. The average Bonchev–Trinajstić information content (AvgIpc) is 2.82. The first-order valence-electron chi connectivity index (χ1n) is 5.36. The summed E-state index contributed by atoms with van der Waals surface area (Å²) in [4.78, 5) is 18.8. The smallest absolute Gasteiger partial charge is 0.240 e. The van der Waals surface area contributed by atoms with E-state index < -0.39 is 5.41 Å². The van der Waals surface area contributed by atoms with Crippen LogP contribution in [-0.2, 0) is 11.3 Å². The van der Waals surface area contributed by atoms with E-state index >= 15 is 0 Å². The standard InChI is InChI=1S/C11H16N4O/c1-3-11(4-2,8-12)10(16)15-7-9-13-5-6-14-9/h5-6H,3-4,7H2,1-2H3,(H,13,14)(H,15,16). The second-order valence-electron chi connectivity index (χ2n) is 3.62. The van der Waals surface area contributed by atoms with Gasteiger partial charge in [-0.25, -0.2) is 4.98 Å². The Morgan fingerprint density at radius 1 is 1.62 bits per heavy atom. The van der Waals surface area contributed by atoms with Gasteiger partial charge < -0.3 is 10.3 Å². The first-order chi connectivity index (χ1) is 7.68. The number of aromatic nitrogens is 2. The average molecular weight is 220 g/mol. The van der Waals surface area contributed by atoms with Gasteiger partial charge in [-0.3, -0.25) is 4.79 Å². The minimum atomic E-state index is -0.910. The molecule has 1 rings (SSSR count). The molecule has 0 unspecified atom stereocenters. The summed E-state index contributed by atoms with van der Waals surface area (Å²) in [5.41, 5.74) is -0.910. The molecule has 0 aliphatic rings. The zero-order valence-electron chi connectivity index (χ0n) is 9.58. The molecule has 1 aromatic heterocycles. The van der Waals surface area contributed by atoms with Crippen LogP contribution in [0.1, 0.15) is 32.5 Å². The van der Waals surface area contributed by atoms with Crippen molar-refractivity contribution in [3.05, 3.63) is 18.2 Å². The van der Waals surface area contributed by atoms with Crippen molar-refractivity contribution < 1.29 is 4.79 Å². The molecule has 0 bridgehead atoms. The summed E-state index contributed by atoms with van der Waals surface area (Å²) in [5, 5.41) is 11.8. The van der Waals surface area contributed by atoms with Gasteiger partial charge in [0.05, 0.1) is 12.6 Å². The van der Waals surface area contributed by atoms with Gasteiger partial charge in [0.2, 0.25) is 5.91 Å². The Hall–Kier alpha value is -1.83. The number of H-pyrrole nitrogens is 1. The second-order valence-corrected chi connectivity index (χ2v) is 3.62. The van der Waals surface area contributed by atoms with Gasteiger partial charge in [-0.15, -0.1) is 0 Å². The number of hydrogen-bond acceptors (Lipinski definition) is 3. The molecule has 0 saturated carbocycles. The van der Waals surface area contributed by atoms with Crippen molar-refractivity contribution in [2.24, 2.45) is 5.41 Å². The highest BCUT2D eigenvalue weighted by molar-refractivity contribution is 5.85. The highest BCUT2D eigenvalue weighted by atomic mass is 16.2. The number of carbonyl (C=O) groups excluding carboxylic acids is 1. The number of imidazole rings is 1. The topological polar surface area (TPSA) is 81.6 Å². The molecule has 1 heterocycles. The normalized spacial score (nSPS) is 10.8. The van der Waals surface area contributed by atoms with E-state index in [-0.39, 0.29) is 5.91 Å². The highest BCUT2D eigenvalue weighted by Crippen LogP contribution is 2.25. The lowest BCUT2D eigenvalue weighted by Crippen LogP contribution is -2.39. The number of carbonyl (C=O) groups is 1. The molecular weight excluding hydrogens is 204 g/mol. The molecule has 0 aliphatic heterocycles. The van der Waals surface area contributed by atoms with Crippen LogP contribution in [0.3, 0.4) is 0 Å².